The van der Waals surface area contributed by atoms with Gasteiger partial charge in [0.1, 0.15) is 0 Å². The lowest BCUT2D eigenvalue weighted by molar-refractivity contribution is 1.15. The molecule has 0 unspecified atom stereocenters. The highest BCUT2D eigenvalue weighted by atomic mass is 15.0. The summed E-state index contributed by atoms with van der Waals surface area (Å²) in [4.78, 5) is 7.66. The highest BCUT2D eigenvalue weighted by Gasteiger charge is 2.26. The maximum absolute atomic E-state index is 10.2. The Kier molecular flexibility index (Phi) is 9.27. The van der Waals surface area contributed by atoms with E-state index in [0.717, 1.165) is 110 Å². The molecule has 0 saturated heterocycles. The molecule has 2 heterocycles. The van der Waals surface area contributed by atoms with Gasteiger partial charge in [0.2, 0.25) is 0 Å². The van der Waals surface area contributed by atoms with Crippen LogP contribution in [0.4, 0.5) is 11.4 Å². The molecule has 0 radical (unpaired) electrons. The van der Waals surface area contributed by atoms with Crippen LogP contribution in [0, 0.1) is 35.8 Å². The third-order valence-corrected chi connectivity index (χ3v) is 13.1. The average Bonchev–Trinajstić information content (AvgIpc) is 3.94. The lowest BCUT2D eigenvalue weighted by Gasteiger charge is -2.21. The third-order valence-electron chi connectivity index (χ3n) is 13.1. The molecular weight excluding hydrogens is 829 g/mol. The van der Waals surface area contributed by atoms with Gasteiger partial charge in [-0.25, -0.2) is 9.69 Å². The van der Waals surface area contributed by atoms with Crippen molar-refractivity contribution in [2.45, 2.75) is 0 Å². The smallest absolute Gasteiger partial charge is 0.187 e. The second-order valence-corrected chi connectivity index (χ2v) is 16.8. The number of benzene rings is 10. The maximum atomic E-state index is 10.2. The first-order valence-corrected chi connectivity index (χ1v) is 22.2. The van der Waals surface area contributed by atoms with Gasteiger partial charge in [-0.1, -0.05) is 146 Å². The van der Waals surface area contributed by atoms with Gasteiger partial charge in [-0.2, -0.15) is 10.5 Å². The van der Waals surface area contributed by atoms with E-state index in [2.05, 4.69) is 164 Å². The van der Waals surface area contributed by atoms with Gasteiger partial charge >= 0.3 is 0 Å². The minimum absolute atomic E-state index is 0.541. The summed E-state index contributed by atoms with van der Waals surface area (Å²) in [7, 11) is 0. The van der Waals surface area contributed by atoms with E-state index in [1.165, 1.54) is 0 Å². The molecule has 0 aliphatic heterocycles. The second-order valence-electron chi connectivity index (χ2n) is 16.8. The molecule has 0 amide bonds. The summed E-state index contributed by atoms with van der Waals surface area (Å²) in [5.41, 5.74) is 13.6. The van der Waals surface area contributed by atoms with Gasteiger partial charge in [0.15, 0.2) is 11.4 Å². The third kappa shape index (κ3) is 6.15. The second kappa shape index (κ2) is 15.9. The number of fused-ring (bicyclic) bond motifs is 7. The van der Waals surface area contributed by atoms with Crippen LogP contribution in [-0.2, 0) is 0 Å². The summed E-state index contributed by atoms with van der Waals surface area (Å²) in [5, 5.41) is 28.6. The molecule has 0 saturated carbocycles. The van der Waals surface area contributed by atoms with Crippen molar-refractivity contribution >= 4 is 65.5 Å². The van der Waals surface area contributed by atoms with Gasteiger partial charge < -0.3 is 9.13 Å². The minimum atomic E-state index is 0.541. The predicted molar refractivity (Wildman–Crippen MR) is 276 cm³/mol. The van der Waals surface area contributed by atoms with Crippen molar-refractivity contribution in [1.29, 1.82) is 10.5 Å². The summed E-state index contributed by atoms with van der Waals surface area (Å²) in [6.07, 6.45) is 0. The summed E-state index contributed by atoms with van der Waals surface area (Å²) in [6.45, 7) is 15.9. The van der Waals surface area contributed by atoms with Crippen LogP contribution in [0.25, 0.3) is 120 Å². The molecule has 0 bridgehead atoms. The van der Waals surface area contributed by atoms with Crippen molar-refractivity contribution in [3.63, 3.8) is 0 Å². The fourth-order valence-electron chi connectivity index (χ4n) is 10.3. The topological polar surface area (TPSA) is 66.2 Å². The van der Waals surface area contributed by atoms with Crippen molar-refractivity contribution < 1.29 is 0 Å². The molecule has 0 fully saturated rings. The van der Waals surface area contributed by atoms with Crippen molar-refractivity contribution in [2.75, 3.05) is 0 Å². The van der Waals surface area contributed by atoms with Crippen LogP contribution in [0.15, 0.2) is 206 Å². The molecule has 312 valence electrons. The van der Waals surface area contributed by atoms with Crippen molar-refractivity contribution in [3.8, 4) is 68.3 Å². The number of nitriles is 2. The molecule has 0 atom stereocenters. The van der Waals surface area contributed by atoms with Gasteiger partial charge in [0.25, 0.3) is 0 Å². The van der Waals surface area contributed by atoms with E-state index in [1.807, 2.05) is 72.8 Å². The number of hydrogen-bond acceptors (Lipinski definition) is 2. The first-order valence-electron chi connectivity index (χ1n) is 22.2. The van der Waals surface area contributed by atoms with Gasteiger partial charge in [0, 0.05) is 38.2 Å². The largest absolute Gasteiger partial charge is 0.308 e. The molecule has 0 N–H and O–H groups in total. The Morgan fingerprint density at radius 3 is 1.18 bits per heavy atom. The Morgan fingerprint density at radius 1 is 0.338 bits per heavy atom. The van der Waals surface area contributed by atoms with Crippen LogP contribution in [0.3, 0.4) is 0 Å². The first kappa shape index (κ1) is 39.6. The lowest BCUT2D eigenvalue weighted by atomic mass is 9.93. The Bertz CT molecular complexity index is 3990. The zero-order chi connectivity index (χ0) is 45.9. The maximum Gasteiger partial charge on any atom is 0.187 e. The summed E-state index contributed by atoms with van der Waals surface area (Å²) < 4.78 is 4.69. The van der Waals surface area contributed by atoms with Crippen LogP contribution in [0.1, 0.15) is 11.1 Å². The molecule has 12 rings (SSSR count). The molecular formula is C62H34N6. The zero-order valence-electron chi connectivity index (χ0n) is 36.3. The summed E-state index contributed by atoms with van der Waals surface area (Å²) in [5.74, 6) is 0. The average molecular weight is 863 g/mol. The Balaban J connectivity index is 1.23. The van der Waals surface area contributed by atoms with Gasteiger partial charge in [-0.05, 0) is 98.9 Å². The molecule has 6 nitrogen and oxygen atoms in total. The molecule has 12 aromatic rings. The van der Waals surface area contributed by atoms with Crippen molar-refractivity contribution in [3.05, 3.63) is 240 Å². The van der Waals surface area contributed by atoms with E-state index in [4.69, 9.17) is 13.1 Å². The highest BCUT2D eigenvalue weighted by molar-refractivity contribution is 6.23. The molecule has 6 heteroatoms. The van der Waals surface area contributed by atoms with Crippen LogP contribution in [0.2, 0.25) is 0 Å². The van der Waals surface area contributed by atoms with Crippen LogP contribution < -0.4 is 0 Å². The molecule has 0 spiro atoms. The number of aromatic nitrogens is 2. The number of hydrogen-bond donors (Lipinski definition) is 0. The number of para-hydroxylation sites is 2. The van der Waals surface area contributed by atoms with E-state index in [-0.39, 0.29) is 0 Å². The van der Waals surface area contributed by atoms with Crippen LogP contribution >= 0.6 is 0 Å². The summed E-state index contributed by atoms with van der Waals surface area (Å²) >= 11 is 0. The van der Waals surface area contributed by atoms with Gasteiger partial charge in [0.05, 0.1) is 70.2 Å². The normalized spacial score (nSPS) is 11.2. The monoisotopic (exact) mass is 862 g/mol. The molecule has 2 aromatic heterocycles. The van der Waals surface area contributed by atoms with E-state index < -0.39 is 0 Å². The Labute approximate surface area is 391 Å². The molecule has 0 aliphatic rings. The van der Waals surface area contributed by atoms with Crippen LogP contribution in [-0.4, -0.2) is 9.13 Å². The number of rotatable bonds is 6. The zero-order valence-corrected chi connectivity index (χ0v) is 36.3. The molecule has 10 aromatic carbocycles. The quantitative estimate of drug-likeness (QED) is 0.123. The van der Waals surface area contributed by atoms with Gasteiger partial charge in [-0.3, -0.25) is 0 Å². The molecule has 68 heavy (non-hydrogen) atoms. The summed E-state index contributed by atoms with van der Waals surface area (Å²) in [6, 6.07) is 74.5. The Hall–Kier alpha value is -9.98. The minimum Gasteiger partial charge on any atom is -0.308 e. The fraction of sp³-hybridized carbons (Fsp3) is 0. The number of nitrogens with zero attached hydrogens (tertiary/aromatic N) is 6. The van der Waals surface area contributed by atoms with Crippen molar-refractivity contribution in [1.82, 2.24) is 9.13 Å². The fourth-order valence-corrected chi connectivity index (χ4v) is 10.3. The lowest BCUT2D eigenvalue weighted by Crippen LogP contribution is -2.02. The molecule has 0 aliphatic carbocycles. The van der Waals surface area contributed by atoms with E-state index >= 15 is 0 Å². The van der Waals surface area contributed by atoms with E-state index in [1.54, 1.807) is 0 Å². The van der Waals surface area contributed by atoms with Crippen molar-refractivity contribution in [2.24, 2.45) is 0 Å². The predicted octanol–water partition coefficient (Wildman–Crippen LogP) is 16.5. The van der Waals surface area contributed by atoms with Gasteiger partial charge in [-0.15, -0.1) is 0 Å². The first-order chi connectivity index (χ1) is 33.6. The van der Waals surface area contributed by atoms with Crippen LogP contribution in [0.5, 0.6) is 0 Å². The van der Waals surface area contributed by atoms with E-state index in [0.29, 0.717) is 22.5 Å². The highest BCUT2D eigenvalue weighted by Crippen LogP contribution is 2.49. The SMILES string of the molecule is [C-]#[N+]c1cccc(-c2c(-c3cccc([N+]#[C-])c3)n(-c3cc4c5ccccc5c(-n5c(-c6cccc(C#N)c6)c(-c6cccc(C#N)c6)c6ccccc65)cc4c4ccccc34)c3ccccc23)c1. The Morgan fingerprint density at radius 2 is 0.706 bits per heavy atom. The van der Waals surface area contributed by atoms with E-state index in [9.17, 15) is 10.5 Å². The standard InChI is InChI=1S/C62H34N6/c1-65-45-21-13-18-42(33-45)60-52-28-8-10-30-56(52)68(62(60)44-20-14-22-46(34-44)66-2)58-36-54-47-23-3-5-25-49(47)57(35-53(54)48-24-4-6-26-50(48)58)67-55-29-9-7-27-51(55)59(41-17-11-15-39(31-41)37-63)61(67)43-19-12-16-40(32-43)38-64/h3-36H.